The molecular weight excluding hydrogens is 469 g/mol. The molecule has 2 fully saturated rings. The fourth-order valence-electron chi connectivity index (χ4n) is 3.91. The van der Waals surface area contributed by atoms with Crippen LogP contribution in [0.3, 0.4) is 0 Å². The Bertz CT molecular complexity index is 1130. The Morgan fingerprint density at radius 2 is 2.06 bits per heavy atom. The van der Waals surface area contributed by atoms with Crippen LogP contribution in [0.1, 0.15) is 44.2 Å². The van der Waals surface area contributed by atoms with Crippen LogP contribution in [0.15, 0.2) is 76.1 Å². The zero-order chi connectivity index (χ0) is 25.5. The van der Waals surface area contributed by atoms with E-state index in [0.717, 1.165) is 18.5 Å². The van der Waals surface area contributed by atoms with Crippen molar-refractivity contribution in [2.24, 2.45) is 9.98 Å². The molecule has 1 aromatic rings. The van der Waals surface area contributed by atoms with Gasteiger partial charge in [0.1, 0.15) is 5.82 Å². The largest absolute Gasteiger partial charge is 0.412 e. The monoisotopic (exact) mass is 500 g/mol. The second kappa shape index (κ2) is 11.6. The first-order valence-corrected chi connectivity index (χ1v) is 12.1. The molecule has 7 nitrogen and oxygen atoms in total. The third-order valence-corrected chi connectivity index (χ3v) is 5.98. The lowest BCUT2D eigenvalue weighted by atomic mass is 9.98. The molecule has 192 valence electrons. The molecule has 1 saturated carbocycles. The first-order chi connectivity index (χ1) is 17.3. The fraction of sp³-hybridized carbons (Fsp3) is 0.423. The third-order valence-electron chi connectivity index (χ3n) is 5.98. The SMILES string of the molecule is C=C/C=C(/N=C(N=C(C)/C=C/C1=CCCC(C(F)(F)F)=C1)Nc1cc(C2CC2)[nH]n1)N1CCOCC1. The van der Waals surface area contributed by atoms with Gasteiger partial charge in [-0.3, -0.25) is 5.10 Å². The molecule has 36 heavy (non-hydrogen) atoms. The number of aromatic nitrogens is 2. The average molecular weight is 501 g/mol. The Labute approximate surface area is 208 Å². The van der Waals surface area contributed by atoms with Crippen molar-refractivity contribution in [1.82, 2.24) is 15.1 Å². The summed E-state index contributed by atoms with van der Waals surface area (Å²) in [6.45, 7) is 8.16. The van der Waals surface area contributed by atoms with Gasteiger partial charge in [0.15, 0.2) is 5.82 Å². The molecule has 1 aliphatic heterocycles. The molecule has 3 aliphatic rings. The minimum absolute atomic E-state index is 0.00109. The molecule has 2 N–H and O–H groups in total. The number of hydrogen-bond acceptors (Lipinski definition) is 4. The fourth-order valence-corrected chi connectivity index (χ4v) is 3.91. The van der Waals surface area contributed by atoms with Crippen molar-refractivity contribution in [2.45, 2.75) is 44.7 Å². The quantitative estimate of drug-likeness (QED) is 0.289. The molecule has 0 aromatic carbocycles. The Morgan fingerprint density at radius 3 is 2.75 bits per heavy atom. The Kier molecular flexibility index (Phi) is 8.25. The number of guanidine groups is 1. The van der Waals surface area contributed by atoms with Crippen molar-refractivity contribution in [2.75, 3.05) is 31.6 Å². The first kappa shape index (κ1) is 25.7. The highest BCUT2D eigenvalue weighted by Gasteiger charge is 2.33. The number of halogens is 3. The number of alkyl halides is 3. The summed E-state index contributed by atoms with van der Waals surface area (Å²) in [4.78, 5) is 11.5. The zero-order valence-electron chi connectivity index (χ0n) is 20.3. The summed E-state index contributed by atoms with van der Waals surface area (Å²) < 4.78 is 44.7. The second-order valence-corrected chi connectivity index (χ2v) is 8.90. The number of aromatic amines is 1. The number of rotatable bonds is 7. The van der Waals surface area contributed by atoms with Crippen molar-refractivity contribution in [3.63, 3.8) is 0 Å². The standard InChI is InChI=1S/C26H31F3N6O/c1-3-5-24(35-12-14-36-15-13-35)32-25(31-23-17-22(33-34-23)20-10-11-20)30-18(2)8-9-19-6-4-7-21(16-19)26(27,28)29/h3,5-6,8-9,16-17,20H,1,4,7,10-15H2,2H3,(H2,31,32,33,34)/b9-8+,24-5-,30-18?. The number of hydrogen-bond donors (Lipinski definition) is 2. The molecule has 4 rings (SSSR count). The van der Waals surface area contributed by atoms with Gasteiger partial charge in [0.25, 0.3) is 0 Å². The van der Waals surface area contributed by atoms with Crippen molar-refractivity contribution < 1.29 is 17.9 Å². The maximum atomic E-state index is 13.1. The highest BCUT2D eigenvalue weighted by atomic mass is 19.4. The van der Waals surface area contributed by atoms with Crippen LogP contribution in [0.2, 0.25) is 0 Å². The van der Waals surface area contributed by atoms with E-state index in [-0.39, 0.29) is 6.42 Å². The second-order valence-electron chi connectivity index (χ2n) is 8.90. The minimum Gasteiger partial charge on any atom is -0.378 e. The summed E-state index contributed by atoms with van der Waals surface area (Å²) in [5.41, 5.74) is 1.64. The van der Waals surface area contributed by atoms with E-state index in [1.807, 2.05) is 12.1 Å². The number of nitrogens with one attached hydrogen (secondary N) is 2. The molecule has 1 aromatic heterocycles. The summed E-state index contributed by atoms with van der Waals surface area (Å²) in [6.07, 6.45) is 8.12. The van der Waals surface area contributed by atoms with Crippen molar-refractivity contribution >= 4 is 17.5 Å². The van der Waals surface area contributed by atoms with Crippen LogP contribution in [0, 0.1) is 0 Å². The molecule has 0 spiro atoms. The molecule has 1 saturated heterocycles. The third kappa shape index (κ3) is 7.30. The lowest BCUT2D eigenvalue weighted by Gasteiger charge is -2.28. The highest BCUT2D eigenvalue weighted by molar-refractivity contribution is 6.06. The van der Waals surface area contributed by atoms with Crippen LogP contribution in [0.5, 0.6) is 0 Å². The summed E-state index contributed by atoms with van der Waals surface area (Å²) >= 11 is 0. The van der Waals surface area contributed by atoms with E-state index in [0.29, 0.717) is 67.5 Å². The van der Waals surface area contributed by atoms with Gasteiger partial charge in [0, 0.05) is 42.1 Å². The van der Waals surface area contributed by atoms with Gasteiger partial charge in [0.2, 0.25) is 5.96 Å². The molecule has 10 heteroatoms. The number of nitrogens with zero attached hydrogens (tertiary/aromatic N) is 4. The number of morpholine rings is 1. The minimum atomic E-state index is -4.31. The molecule has 0 radical (unpaired) electrons. The number of ether oxygens (including phenoxy) is 1. The van der Waals surface area contributed by atoms with Crippen LogP contribution in [-0.4, -0.2) is 59.2 Å². The topological polar surface area (TPSA) is 77.9 Å². The smallest absolute Gasteiger partial charge is 0.378 e. The van der Waals surface area contributed by atoms with Gasteiger partial charge >= 0.3 is 6.18 Å². The Morgan fingerprint density at radius 1 is 1.28 bits per heavy atom. The number of allylic oxidation sites excluding steroid dienone is 8. The molecule has 2 aliphatic carbocycles. The van der Waals surface area contributed by atoms with Gasteiger partial charge in [-0.1, -0.05) is 24.8 Å². The van der Waals surface area contributed by atoms with Gasteiger partial charge < -0.3 is 15.0 Å². The normalized spacial score (nSPS) is 20.4. The number of H-pyrrole nitrogens is 1. The van der Waals surface area contributed by atoms with Crippen molar-refractivity contribution in [3.05, 3.63) is 71.8 Å². The van der Waals surface area contributed by atoms with Crippen LogP contribution in [0.4, 0.5) is 19.0 Å². The Balaban J connectivity index is 1.57. The maximum Gasteiger partial charge on any atom is 0.412 e. The van der Waals surface area contributed by atoms with E-state index in [2.05, 4.69) is 32.0 Å². The summed E-state index contributed by atoms with van der Waals surface area (Å²) in [5, 5.41) is 10.6. The summed E-state index contributed by atoms with van der Waals surface area (Å²) in [7, 11) is 0. The number of anilines is 1. The number of aliphatic imine (C=N–C) groups is 2. The van der Waals surface area contributed by atoms with Crippen molar-refractivity contribution in [3.8, 4) is 0 Å². The van der Waals surface area contributed by atoms with Crippen LogP contribution < -0.4 is 5.32 Å². The first-order valence-electron chi connectivity index (χ1n) is 12.1. The highest BCUT2D eigenvalue weighted by Crippen LogP contribution is 2.39. The summed E-state index contributed by atoms with van der Waals surface area (Å²) in [6, 6.07) is 1.95. The molecule has 0 atom stereocenters. The average Bonchev–Trinajstić information content (AvgIpc) is 3.61. The van der Waals surface area contributed by atoms with Gasteiger partial charge in [-0.25, -0.2) is 4.99 Å². The molecule has 0 bridgehead atoms. The van der Waals surface area contributed by atoms with E-state index in [9.17, 15) is 13.2 Å². The molecular formula is C26H31F3N6O. The summed E-state index contributed by atoms with van der Waals surface area (Å²) in [5.74, 6) is 2.12. The maximum absolute atomic E-state index is 13.1. The van der Waals surface area contributed by atoms with Gasteiger partial charge in [-0.2, -0.15) is 23.3 Å². The van der Waals surface area contributed by atoms with Crippen LogP contribution in [-0.2, 0) is 4.74 Å². The van der Waals surface area contributed by atoms with E-state index in [4.69, 9.17) is 9.73 Å². The van der Waals surface area contributed by atoms with Gasteiger partial charge in [-0.05, 0) is 56.4 Å². The predicted molar refractivity (Wildman–Crippen MR) is 136 cm³/mol. The lowest BCUT2D eigenvalue weighted by molar-refractivity contribution is -0.0941. The molecule has 0 amide bonds. The van der Waals surface area contributed by atoms with Crippen LogP contribution in [0.25, 0.3) is 0 Å². The van der Waals surface area contributed by atoms with Gasteiger partial charge in [-0.15, -0.1) is 0 Å². The van der Waals surface area contributed by atoms with E-state index >= 15 is 0 Å². The van der Waals surface area contributed by atoms with Crippen LogP contribution >= 0.6 is 0 Å². The van der Waals surface area contributed by atoms with E-state index in [1.165, 1.54) is 6.08 Å². The Hall–Kier alpha value is -3.40. The zero-order valence-corrected chi connectivity index (χ0v) is 20.3. The predicted octanol–water partition coefficient (Wildman–Crippen LogP) is 5.64. The van der Waals surface area contributed by atoms with Crippen molar-refractivity contribution in [1.29, 1.82) is 0 Å². The molecule has 0 unspecified atom stereocenters. The van der Waals surface area contributed by atoms with Gasteiger partial charge in [0.05, 0.1) is 13.2 Å². The molecule has 2 heterocycles. The van der Waals surface area contributed by atoms with E-state index in [1.54, 1.807) is 31.2 Å². The lowest BCUT2D eigenvalue weighted by Crippen LogP contribution is -2.35. The van der Waals surface area contributed by atoms with E-state index < -0.39 is 11.7 Å².